The van der Waals surface area contributed by atoms with Gasteiger partial charge in [0.15, 0.2) is 5.78 Å². The normalized spacial score (nSPS) is 10.6. The molecule has 6 heteroatoms. The maximum absolute atomic E-state index is 11.7. The number of nitrogens with one attached hydrogen (secondary N) is 2. The van der Waals surface area contributed by atoms with Crippen LogP contribution in [-0.2, 0) is 9.53 Å². The van der Waals surface area contributed by atoms with Gasteiger partial charge in [-0.1, -0.05) is 0 Å². The number of aromatic nitrogens is 1. The zero-order valence-corrected chi connectivity index (χ0v) is 10.7. The molecule has 0 radical (unpaired) electrons. The van der Waals surface area contributed by atoms with Crippen molar-refractivity contribution < 1.29 is 14.3 Å². The van der Waals surface area contributed by atoms with Crippen molar-refractivity contribution in [2.45, 2.75) is 0 Å². The fourth-order valence-corrected chi connectivity index (χ4v) is 1.48. The predicted octanol–water partition coefficient (Wildman–Crippen LogP) is -0.108. The van der Waals surface area contributed by atoms with Crippen LogP contribution in [0.25, 0.3) is 0 Å². The number of nitrogens with zero attached hydrogens (tertiary/aromatic N) is 1. The Balaban J connectivity index is 2.26. The van der Waals surface area contributed by atoms with E-state index >= 15 is 0 Å². The second kappa shape index (κ2) is 7.62. The van der Waals surface area contributed by atoms with Crippen molar-refractivity contribution in [3.8, 4) is 0 Å². The lowest BCUT2D eigenvalue weighted by atomic mass is 10.3. The first-order valence-electron chi connectivity index (χ1n) is 5.74. The van der Waals surface area contributed by atoms with E-state index in [9.17, 15) is 9.59 Å². The largest absolute Gasteiger partial charge is 0.383 e. The Hall–Kier alpha value is -1.66. The number of carbonyl (C=O) groups excluding carboxylic acids is 2. The van der Waals surface area contributed by atoms with Crippen LogP contribution in [0.4, 0.5) is 0 Å². The molecular formula is C12H19N3O3. The van der Waals surface area contributed by atoms with Crippen LogP contribution in [0.5, 0.6) is 0 Å². The summed E-state index contributed by atoms with van der Waals surface area (Å²) in [6, 6.07) is 3.49. The summed E-state index contributed by atoms with van der Waals surface area (Å²) in [7, 11) is 3.31. The quantitative estimate of drug-likeness (QED) is 0.501. The number of ether oxygens (including phenoxy) is 1. The smallest absolute Gasteiger partial charge is 0.234 e. The highest BCUT2D eigenvalue weighted by atomic mass is 16.5. The summed E-state index contributed by atoms with van der Waals surface area (Å²) >= 11 is 0. The first-order valence-corrected chi connectivity index (χ1v) is 5.74. The Bertz CT molecular complexity index is 376. The molecule has 18 heavy (non-hydrogen) atoms. The van der Waals surface area contributed by atoms with Crippen molar-refractivity contribution >= 4 is 11.7 Å². The number of carbonyl (C=O) groups is 2. The number of H-pyrrole nitrogens is 1. The highest BCUT2D eigenvalue weighted by molar-refractivity contribution is 5.96. The molecule has 1 rings (SSSR count). The Kier molecular flexibility index (Phi) is 6.10. The van der Waals surface area contributed by atoms with Gasteiger partial charge in [0.25, 0.3) is 0 Å². The van der Waals surface area contributed by atoms with E-state index in [4.69, 9.17) is 4.74 Å². The molecule has 0 saturated carbocycles. The molecule has 0 unspecified atom stereocenters. The van der Waals surface area contributed by atoms with Crippen LogP contribution in [0.3, 0.4) is 0 Å². The van der Waals surface area contributed by atoms with Crippen LogP contribution in [0.15, 0.2) is 18.3 Å². The molecule has 100 valence electrons. The Labute approximate surface area is 106 Å². The SMILES string of the molecule is COCCNC(=O)CN(C)CC(=O)c1ccc[nH]1. The molecule has 1 aromatic heterocycles. The maximum Gasteiger partial charge on any atom is 0.234 e. The second-order valence-electron chi connectivity index (χ2n) is 4.02. The lowest BCUT2D eigenvalue weighted by Gasteiger charge is -2.14. The Morgan fingerprint density at radius 1 is 1.44 bits per heavy atom. The van der Waals surface area contributed by atoms with Crippen LogP contribution in [0, 0.1) is 0 Å². The van der Waals surface area contributed by atoms with E-state index in [1.807, 2.05) is 0 Å². The molecule has 0 saturated heterocycles. The van der Waals surface area contributed by atoms with Crippen molar-refractivity contribution in [3.63, 3.8) is 0 Å². The Morgan fingerprint density at radius 2 is 2.22 bits per heavy atom. The first-order chi connectivity index (χ1) is 8.63. The molecule has 0 fully saturated rings. The fraction of sp³-hybridized carbons (Fsp3) is 0.500. The predicted molar refractivity (Wildman–Crippen MR) is 67.5 cm³/mol. The molecule has 0 aliphatic heterocycles. The molecule has 1 heterocycles. The minimum atomic E-state index is -0.117. The molecule has 0 bridgehead atoms. The number of Topliss-reactive ketones (excluding diaryl/α,β-unsaturated/α-hetero) is 1. The zero-order valence-electron chi connectivity index (χ0n) is 10.7. The number of aromatic amines is 1. The maximum atomic E-state index is 11.7. The summed E-state index contributed by atoms with van der Waals surface area (Å²) < 4.78 is 4.82. The van der Waals surface area contributed by atoms with Crippen molar-refractivity contribution in [1.29, 1.82) is 0 Å². The van der Waals surface area contributed by atoms with Crippen LogP contribution in [0.1, 0.15) is 10.5 Å². The van der Waals surface area contributed by atoms with Gasteiger partial charge in [0, 0.05) is 19.9 Å². The van der Waals surface area contributed by atoms with Gasteiger partial charge in [0.1, 0.15) is 0 Å². The molecule has 0 aliphatic rings. The van der Waals surface area contributed by atoms with E-state index in [0.29, 0.717) is 18.8 Å². The van der Waals surface area contributed by atoms with Gasteiger partial charge in [0.2, 0.25) is 5.91 Å². The van der Waals surface area contributed by atoms with Gasteiger partial charge in [-0.15, -0.1) is 0 Å². The van der Waals surface area contributed by atoms with Crippen LogP contribution in [0.2, 0.25) is 0 Å². The summed E-state index contributed by atoms with van der Waals surface area (Å²) in [4.78, 5) is 27.7. The van der Waals surface area contributed by atoms with E-state index in [1.165, 1.54) is 0 Å². The van der Waals surface area contributed by atoms with Gasteiger partial charge < -0.3 is 15.0 Å². The summed E-state index contributed by atoms with van der Waals surface area (Å²) in [5, 5.41) is 2.70. The van der Waals surface area contributed by atoms with Gasteiger partial charge >= 0.3 is 0 Å². The summed E-state index contributed by atoms with van der Waals surface area (Å²) in [6.07, 6.45) is 1.70. The van der Waals surface area contributed by atoms with Crippen molar-refractivity contribution in [3.05, 3.63) is 24.0 Å². The molecule has 1 aromatic rings. The zero-order chi connectivity index (χ0) is 13.4. The third kappa shape index (κ3) is 5.11. The average molecular weight is 253 g/mol. The van der Waals surface area contributed by atoms with Crippen LogP contribution < -0.4 is 5.32 Å². The first kappa shape index (κ1) is 14.4. The monoisotopic (exact) mass is 253 g/mol. The van der Waals surface area contributed by atoms with Gasteiger partial charge in [-0.2, -0.15) is 0 Å². The second-order valence-corrected chi connectivity index (χ2v) is 4.02. The molecule has 0 atom stereocenters. The minimum absolute atomic E-state index is 0.0350. The molecule has 6 nitrogen and oxygen atoms in total. The fourth-order valence-electron chi connectivity index (χ4n) is 1.48. The number of methoxy groups -OCH3 is 1. The number of ketones is 1. The molecule has 1 amide bonds. The van der Waals surface area contributed by atoms with Crippen molar-refractivity contribution in [2.75, 3.05) is 40.4 Å². The number of hydrogen-bond donors (Lipinski definition) is 2. The van der Waals surface area contributed by atoms with Crippen LogP contribution in [-0.4, -0.2) is 62.0 Å². The number of likely N-dealkylation sites (N-methyl/N-ethyl adjacent to an activating group) is 1. The lowest BCUT2D eigenvalue weighted by molar-refractivity contribution is -0.122. The summed E-state index contributed by atoms with van der Waals surface area (Å²) in [6.45, 7) is 1.36. The number of rotatable bonds is 8. The van der Waals surface area contributed by atoms with Crippen LogP contribution >= 0.6 is 0 Å². The number of amides is 1. The van der Waals surface area contributed by atoms with E-state index in [2.05, 4.69) is 10.3 Å². The molecule has 0 spiro atoms. The molecule has 2 N–H and O–H groups in total. The molecule has 0 aromatic carbocycles. The van der Waals surface area contributed by atoms with Gasteiger partial charge in [-0.3, -0.25) is 14.5 Å². The summed E-state index contributed by atoms with van der Waals surface area (Å²) in [5.41, 5.74) is 0.557. The third-order valence-electron chi connectivity index (χ3n) is 2.35. The minimum Gasteiger partial charge on any atom is -0.383 e. The van der Waals surface area contributed by atoms with E-state index in [-0.39, 0.29) is 24.8 Å². The highest BCUT2D eigenvalue weighted by Gasteiger charge is 2.12. The standard InChI is InChI=1S/C12H19N3O3/c1-15(9-12(17)14-6-7-18-2)8-11(16)10-4-3-5-13-10/h3-5,13H,6-9H2,1-2H3,(H,14,17). The van der Waals surface area contributed by atoms with Gasteiger partial charge in [0.05, 0.1) is 25.4 Å². The van der Waals surface area contributed by atoms with Crippen molar-refractivity contribution in [2.24, 2.45) is 0 Å². The van der Waals surface area contributed by atoms with Crippen molar-refractivity contribution in [1.82, 2.24) is 15.2 Å². The topological polar surface area (TPSA) is 74.4 Å². The third-order valence-corrected chi connectivity index (χ3v) is 2.35. The van der Waals surface area contributed by atoms with Gasteiger partial charge in [-0.05, 0) is 19.2 Å². The van der Waals surface area contributed by atoms with Gasteiger partial charge in [-0.25, -0.2) is 0 Å². The average Bonchev–Trinajstić information content (AvgIpc) is 2.82. The molecular weight excluding hydrogens is 234 g/mol. The number of hydrogen-bond acceptors (Lipinski definition) is 4. The summed E-state index contributed by atoms with van der Waals surface area (Å²) in [5.74, 6) is -0.152. The van der Waals surface area contributed by atoms with E-state index in [1.54, 1.807) is 37.4 Å². The van der Waals surface area contributed by atoms with E-state index in [0.717, 1.165) is 0 Å². The van der Waals surface area contributed by atoms with E-state index < -0.39 is 0 Å². The Morgan fingerprint density at radius 3 is 2.83 bits per heavy atom. The lowest BCUT2D eigenvalue weighted by Crippen LogP contribution is -2.38. The highest BCUT2D eigenvalue weighted by Crippen LogP contribution is 1.97. The molecule has 0 aliphatic carbocycles.